The molecule has 1 atom stereocenters. The first-order chi connectivity index (χ1) is 12.6. The summed E-state index contributed by atoms with van der Waals surface area (Å²) in [6.45, 7) is 9.85. The summed E-state index contributed by atoms with van der Waals surface area (Å²) in [7, 11) is 0. The third-order valence-corrected chi connectivity index (χ3v) is 5.45. The van der Waals surface area contributed by atoms with Gasteiger partial charge in [-0.25, -0.2) is 4.39 Å². The van der Waals surface area contributed by atoms with Gasteiger partial charge in [-0.1, -0.05) is 19.1 Å². The van der Waals surface area contributed by atoms with Crippen molar-refractivity contribution < 1.29 is 4.39 Å². The maximum Gasteiger partial charge on any atom is 0.191 e. The Labute approximate surface area is 179 Å². The van der Waals surface area contributed by atoms with E-state index >= 15 is 0 Å². The highest BCUT2D eigenvalue weighted by Crippen LogP contribution is 2.20. The molecule has 5 nitrogen and oxygen atoms in total. The highest BCUT2D eigenvalue weighted by atomic mass is 127. The molecule has 2 fully saturated rings. The second-order valence-corrected chi connectivity index (χ2v) is 7.57. The molecule has 0 aliphatic carbocycles. The molecule has 0 saturated carbocycles. The molecule has 0 amide bonds. The van der Waals surface area contributed by atoms with Crippen molar-refractivity contribution in [2.24, 2.45) is 16.6 Å². The van der Waals surface area contributed by atoms with E-state index in [1.165, 1.54) is 18.9 Å². The average Bonchev–Trinajstić information content (AvgIpc) is 2.66. The standard InChI is InChI=1S/C20H32FN5.HI/c1-17-6-4-11-26(16-17)20(22)23-9-5-10-24-12-14-25(15-13-24)19-8-3-2-7-18(19)21;/h2-3,7-8,17H,4-6,9-16H2,1H3,(H2,22,23);1H. The Morgan fingerprint density at radius 1 is 1.19 bits per heavy atom. The predicted molar refractivity (Wildman–Crippen MR) is 122 cm³/mol. The summed E-state index contributed by atoms with van der Waals surface area (Å²) in [5, 5.41) is 0. The molecule has 2 aliphatic heterocycles. The number of piperazine rings is 1. The monoisotopic (exact) mass is 489 g/mol. The molecule has 152 valence electrons. The van der Waals surface area contributed by atoms with E-state index in [-0.39, 0.29) is 29.8 Å². The zero-order chi connectivity index (χ0) is 18.4. The molecule has 1 aromatic carbocycles. The van der Waals surface area contributed by atoms with Gasteiger partial charge in [0, 0.05) is 52.4 Å². The molecule has 0 spiro atoms. The molecule has 7 heteroatoms. The second-order valence-electron chi connectivity index (χ2n) is 7.57. The van der Waals surface area contributed by atoms with Crippen LogP contribution >= 0.6 is 24.0 Å². The molecule has 27 heavy (non-hydrogen) atoms. The molecule has 0 aromatic heterocycles. The van der Waals surface area contributed by atoms with Crippen molar-refractivity contribution >= 4 is 35.6 Å². The molecular weight excluding hydrogens is 456 g/mol. The lowest BCUT2D eigenvalue weighted by molar-refractivity contribution is 0.254. The van der Waals surface area contributed by atoms with Crippen molar-refractivity contribution in [3.63, 3.8) is 0 Å². The zero-order valence-corrected chi connectivity index (χ0v) is 18.6. The first-order valence-electron chi connectivity index (χ1n) is 9.90. The van der Waals surface area contributed by atoms with Gasteiger partial charge in [0.15, 0.2) is 5.96 Å². The van der Waals surface area contributed by atoms with Gasteiger partial charge in [-0.05, 0) is 37.3 Å². The van der Waals surface area contributed by atoms with Gasteiger partial charge in [0.1, 0.15) is 5.82 Å². The van der Waals surface area contributed by atoms with Gasteiger partial charge in [0.05, 0.1) is 5.69 Å². The van der Waals surface area contributed by atoms with Gasteiger partial charge in [0.2, 0.25) is 0 Å². The van der Waals surface area contributed by atoms with Crippen LogP contribution in [-0.4, -0.2) is 68.1 Å². The molecular formula is C20H33FIN5. The fourth-order valence-corrected chi connectivity index (χ4v) is 3.91. The number of guanidine groups is 1. The van der Waals surface area contributed by atoms with Crippen molar-refractivity contribution in [1.29, 1.82) is 0 Å². The summed E-state index contributed by atoms with van der Waals surface area (Å²) in [6.07, 6.45) is 3.52. The Morgan fingerprint density at radius 3 is 2.63 bits per heavy atom. The molecule has 1 unspecified atom stereocenters. The quantitative estimate of drug-likeness (QED) is 0.299. The maximum atomic E-state index is 13.9. The third-order valence-electron chi connectivity index (χ3n) is 5.45. The lowest BCUT2D eigenvalue weighted by atomic mass is 10.0. The van der Waals surface area contributed by atoms with E-state index in [1.807, 2.05) is 12.1 Å². The highest BCUT2D eigenvalue weighted by molar-refractivity contribution is 14.0. The Balaban J connectivity index is 0.00000261. The minimum absolute atomic E-state index is 0. The largest absolute Gasteiger partial charge is 0.370 e. The fourth-order valence-electron chi connectivity index (χ4n) is 3.91. The summed E-state index contributed by atoms with van der Waals surface area (Å²) < 4.78 is 13.9. The van der Waals surface area contributed by atoms with Crippen LogP contribution in [0.3, 0.4) is 0 Å². The second kappa shape index (κ2) is 11.0. The number of likely N-dealkylation sites (tertiary alicyclic amines) is 1. The summed E-state index contributed by atoms with van der Waals surface area (Å²) in [5.41, 5.74) is 6.87. The molecule has 2 heterocycles. The first-order valence-corrected chi connectivity index (χ1v) is 9.90. The van der Waals surface area contributed by atoms with Gasteiger partial charge in [-0.2, -0.15) is 0 Å². The van der Waals surface area contributed by atoms with Gasteiger partial charge in [-0.3, -0.25) is 9.89 Å². The van der Waals surface area contributed by atoms with E-state index in [2.05, 4.69) is 26.6 Å². The smallest absolute Gasteiger partial charge is 0.191 e. The number of hydrogen-bond acceptors (Lipinski definition) is 3. The topological polar surface area (TPSA) is 48.1 Å². The van der Waals surface area contributed by atoms with Gasteiger partial charge in [-0.15, -0.1) is 24.0 Å². The number of nitrogens with zero attached hydrogens (tertiary/aromatic N) is 4. The van der Waals surface area contributed by atoms with Crippen molar-refractivity contribution in [3.8, 4) is 0 Å². The maximum absolute atomic E-state index is 13.9. The van der Waals surface area contributed by atoms with Crippen LogP contribution in [0.15, 0.2) is 29.3 Å². The SMILES string of the molecule is CC1CCCN(C(N)=NCCCN2CCN(c3ccccc3F)CC2)C1.I. The predicted octanol–water partition coefficient (Wildman–Crippen LogP) is 3.00. The summed E-state index contributed by atoms with van der Waals surface area (Å²) in [5.74, 6) is 1.29. The van der Waals surface area contributed by atoms with Gasteiger partial charge >= 0.3 is 0 Å². The van der Waals surface area contributed by atoms with E-state index in [0.29, 0.717) is 11.9 Å². The zero-order valence-electron chi connectivity index (χ0n) is 16.3. The van der Waals surface area contributed by atoms with E-state index in [4.69, 9.17) is 5.73 Å². The van der Waals surface area contributed by atoms with E-state index in [0.717, 1.165) is 64.5 Å². The van der Waals surface area contributed by atoms with Crippen molar-refractivity contribution in [2.75, 3.05) is 57.3 Å². The number of anilines is 1. The van der Waals surface area contributed by atoms with Crippen LogP contribution in [0.4, 0.5) is 10.1 Å². The fraction of sp³-hybridized carbons (Fsp3) is 0.650. The molecule has 0 radical (unpaired) electrons. The van der Waals surface area contributed by atoms with Crippen LogP contribution in [0.5, 0.6) is 0 Å². The van der Waals surface area contributed by atoms with E-state index < -0.39 is 0 Å². The molecule has 0 bridgehead atoms. The van der Waals surface area contributed by atoms with Gasteiger partial charge in [0.25, 0.3) is 0 Å². The Hall–Kier alpha value is -1.09. The van der Waals surface area contributed by atoms with Crippen molar-refractivity contribution in [1.82, 2.24) is 9.80 Å². The highest BCUT2D eigenvalue weighted by Gasteiger charge is 2.19. The minimum Gasteiger partial charge on any atom is -0.370 e. The minimum atomic E-state index is -0.127. The van der Waals surface area contributed by atoms with Crippen molar-refractivity contribution in [3.05, 3.63) is 30.1 Å². The molecule has 2 N–H and O–H groups in total. The normalized spacial score (nSPS) is 21.9. The summed E-state index contributed by atoms with van der Waals surface area (Å²) in [4.78, 5) is 11.4. The average molecular weight is 489 g/mol. The van der Waals surface area contributed by atoms with Crippen molar-refractivity contribution in [2.45, 2.75) is 26.2 Å². The number of aliphatic imine (C=N–C) groups is 1. The van der Waals surface area contributed by atoms with Crippen LogP contribution in [-0.2, 0) is 0 Å². The van der Waals surface area contributed by atoms with E-state index in [1.54, 1.807) is 6.07 Å². The number of halogens is 2. The number of rotatable bonds is 5. The number of nitrogens with two attached hydrogens (primary N) is 1. The molecule has 3 rings (SSSR count). The van der Waals surface area contributed by atoms with Gasteiger partial charge < -0.3 is 15.5 Å². The van der Waals surface area contributed by atoms with Crippen LogP contribution in [0.2, 0.25) is 0 Å². The number of para-hydroxylation sites is 1. The molecule has 1 aromatic rings. The Kier molecular flexibility index (Phi) is 9.08. The number of hydrogen-bond donors (Lipinski definition) is 1. The molecule has 2 aliphatic rings. The Morgan fingerprint density at radius 2 is 1.93 bits per heavy atom. The van der Waals surface area contributed by atoms with E-state index in [9.17, 15) is 4.39 Å². The molecule has 2 saturated heterocycles. The third kappa shape index (κ3) is 6.48. The summed E-state index contributed by atoms with van der Waals surface area (Å²) >= 11 is 0. The Bertz CT molecular complexity index is 604. The van der Waals surface area contributed by atoms with Crippen LogP contribution < -0.4 is 10.6 Å². The van der Waals surface area contributed by atoms with Crippen LogP contribution in [0, 0.1) is 11.7 Å². The lowest BCUT2D eigenvalue weighted by Gasteiger charge is -2.36. The van der Waals surface area contributed by atoms with Crippen LogP contribution in [0.25, 0.3) is 0 Å². The number of piperidine rings is 1. The lowest BCUT2D eigenvalue weighted by Crippen LogP contribution is -2.47. The first kappa shape index (κ1) is 22.2. The number of benzene rings is 1. The summed E-state index contributed by atoms with van der Waals surface area (Å²) in [6, 6.07) is 7.04. The van der Waals surface area contributed by atoms with Crippen LogP contribution in [0.1, 0.15) is 26.2 Å².